The highest BCUT2D eigenvalue weighted by molar-refractivity contribution is 7.13. The fourth-order valence-corrected chi connectivity index (χ4v) is 4.69. The van der Waals surface area contributed by atoms with E-state index in [1.807, 2.05) is 68.7 Å². The summed E-state index contributed by atoms with van der Waals surface area (Å²) in [5.74, 6) is 1.00. The Bertz CT molecular complexity index is 1030. The summed E-state index contributed by atoms with van der Waals surface area (Å²) < 4.78 is 0. The van der Waals surface area contributed by atoms with Crippen LogP contribution in [0.1, 0.15) is 30.7 Å². The lowest BCUT2D eigenvalue weighted by molar-refractivity contribution is -0.120. The molecule has 0 spiro atoms. The first-order valence-electron chi connectivity index (χ1n) is 10.6. The summed E-state index contributed by atoms with van der Waals surface area (Å²) in [7, 11) is 0. The van der Waals surface area contributed by atoms with Gasteiger partial charge in [0, 0.05) is 44.3 Å². The maximum absolute atomic E-state index is 13.0. The Labute approximate surface area is 187 Å². The van der Waals surface area contributed by atoms with Gasteiger partial charge in [-0.05, 0) is 44.0 Å². The highest BCUT2D eigenvalue weighted by atomic mass is 32.1. The van der Waals surface area contributed by atoms with E-state index in [-0.39, 0.29) is 5.91 Å². The molecule has 1 aromatic carbocycles. The predicted molar refractivity (Wildman–Crippen MR) is 127 cm³/mol. The molecular formula is C24H29N5OS. The Hall–Kier alpha value is -2.77. The lowest BCUT2D eigenvalue weighted by Gasteiger charge is -2.35. The zero-order valence-corrected chi connectivity index (χ0v) is 19.2. The number of nitrogens with one attached hydrogen (secondary N) is 1. The van der Waals surface area contributed by atoms with Crippen molar-refractivity contribution in [2.45, 2.75) is 32.7 Å². The zero-order valence-electron chi connectivity index (χ0n) is 18.3. The van der Waals surface area contributed by atoms with Gasteiger partial charge in [-0.25, -0.2) is 9.97 Å². The smallest absolute Gasteiger partial charge is 0.236 e. The van der Waals surface area contributed by atoms with E-state index in [9.17, 15) is 4.79 Å². The van der Waals surface area contributed by atoms with Crippen LogP contribution in [0.4, 0.5) is 10.9 Å². The Kier molecular flexibility index (Phi) is 6.34. The Balaban J connectivity index is 1.33. The summed E-state index contributed by atoms with van der Waals surface area (Å²) in [5, 5.41) is 5.73. The van der Waals surface area contributed by atoms with Gasteiger partial charge in [-0.15, -0.1) is 11.3 Å². The zero-order chi connectivity index (χ0) is 21.8. The van der Waals surface area contributed by atoms with Crippen molar-refractivity contribution in [2.24, 2.45) is 0 Å². The van der Waals surface area contributed by atoms with Crippen molar-refractivity contribution in [3.63, 3.8) is 0 Å². The van der Waals surface area contributed by atoms with Crippen LogP contribution >= 0.6 is 11.3 Å². The molecule has 162 valence electrons. The van der Waals surface area contributed by atoms with Crippen molar-refractivity contribution in [2.75, 3.05) is 36.4 Å². The SMILES string of the molecule is Cc1ccccc1C(C)(C)C(=O)Nc1nc(CN2CCN(c3ccccn3)CC2)cs1. The van der Waals surface area contributed by atoms with Gasteiger partial charge in [0.2, 0.25) is 5.91 Å². The van der Waals surface area contributed by atoms with Gasteiger partial charge >= 0.3 is 0 Å². The van der Waals surface area contributed by atoms with Crippen LogP contribution in [-0.2, 0) is 16.8 Å². The number of aromatic nitrogens is 2. The molecule has 1 aliphatic heterocycles. The maximum atomic E-state index is 13.0. The highest BCUT2D eigenvalue weighted by Gasteiger charge is 2.31. The molecule has 1 N–H and O–H groups in total. The number of hydrogen-bond donors (Lipinski definition) is 1. The molecule has 1 fully saturated rings. The van der Waals surface area contributed by atoms with E-state index < -0.39 is 5.41 Å². The van der Waals surface area contributed by atoms with Crippen LogP contribution in [0.15, 0.2) is 54.0 Å². The number of hydrogen-bond acceptors (Lipinski definition) is 6. The number of aryl methyl sites for hydroxylation is 1. The van der Waals surface area contributed by atoms with Crippen LogP contribution < -0.4 is 10.2 Å². The van der Waals surface area contributed by atoms with Gasteiger partial charge in [0.25, 0.3) is 0 Å². The van der Waals surface area contributed by atoms with Crippen LogP contribution in [0.2, 0.25) is 0 Å². The molecule has 0 bridgehead atoms. The lowest BCUT2D eigenvalue weighted by atomic mass is 9.81. The van der Waals surface area contributed by atoms with Crippen LogP contribution in [0.5, 0.6) is 0 Å². The van der Waals surface area contributed by atoms with Crippen molar-refractivity contribution in [3.8, 4) is 0 Å². The molecule has 6 nitrogen and oxygen atoms in total. The summed E-state index contributed by atoms with van der Waals surface area (Å²) in [6, 6.07) is 14.1. The Morgan fingerprint density at radius 2 is 1.84 bits per heavy atom. The first-order chi connectivity index (χ1) is 14.9. The van der Waals surface area contributed by atoms with Crippen LogP contribution in [0.25, 0.3) is 0 Å². The molecule has 0 atom stereocenters. The van der Waals surface area contributed by atoms with Gasteiger partial charge in [-0.1, -0.05) is 30.3 Å². The van der Waals surface area contributed by atoms with Gasteiger partial charge in [0.15, 0.2) is 5.13 Å². The number of amides is 1. The van der Waals surface area contributed by atoms with Crippen molar-refractivity contribution in [3.05, 3.63) is 70.9 Å². The highest BCUT2D eigenvalue weighted by Crippen LogP contribution is 2.28. The van der Waals surface area contributed by atoms with E-state index in [1.54, 1.807) is 0 Å². The normalized spacial score (nSPS) is 15.1. The molecule has 7 heteroatoms. The molecule has 0 saturated carbocycles. The lowest BCUT2D eigenvalue weighted by Crippen LogP contribution is -2.46. The van der Waals surface area contributed by atoms with Gasteiger partial charge in [-0.3, -0.25) is 9.69 Å². The summed E-state index contributed by atoms with van der Waals surface area (Å²) in [6.45, 7) is 10.6. The molecule has 0 unspecified atom stereocenters. The summed E-state index contributed by atoms with van der Waals surface area (Å²) >= 11 is 1.49. The average Bonchev–Trinajstić information content (AvgIpc) is 3.21. The van der Waals surface area contributed by atoms with E-state index in [0.29, 0.717) is 5.13 Å². The number of thiazole rings is 1. The number of piperazine rings is 1. The fraction of sp³-hybridized carbons (Fsp3) is 0.375. The predicted octanol–water partition coefficient (Wildman–Crippen LogP) is 4.09. The second kappa shape index (κ2) is 9.16. The van der Waals surface area contributed by atoms with Crippen LogP contribution in [0.3, 0.4) is 0 Å². The molecule has 3 aromatic rings. The van der Waals surface area contributed by atoms with E-state index in [4.69, 9.17) is 0 Å². The minimum absolute atomic E-state index is 0.0355. The van der Waals surface area contributed by atoms with Crippen molar-refractivity contribution in [1.29, 1.82) is 0 Å². The topological polar surface area (TPSA) is 61.4 Å². The summed E-state index contributed by atoms with van der Waals surface area (Å²) in [5.41, 5.74) is 2.53. The van der Waals surface area contributed by atoms with E-state index in [0.717, 1.165) is 55.4 Å². The molecule has 2 aromatic heterocycles. The molecule has 1 saturated heterocycles. The Morgan fingerprint density at radius 1 is 1.10 bits per heavy atom. The second-order valence-corrected chi connectivity index (χ2v) is 9.35. The summed E-state index contributed by atoms with van der Waals surface area (Å²) in [4.78, 5) is 26.8. The summed E-state index contributed by atoms with van der Waals surface area (Å²) in [6.07, 6.45) is 1.84. The maximum Gasteiger partial charge on any atom is 0.236 e. The Morgan fingerprint density at radius 3 is 2.55 bits per heavy atom. The fourth-order valence-electron chi connectivity index (χ4n) is 3.99. The van der Waals surface area contributed by atoms with E-state index in [1.165, 1.54) is 11.3 Å². The molecule has 1 aliphatic rings. The number of rotatable bonds is 6. The van der Waals surface area contributed by atoms with Gasteiger partial charge in [0.05, 0.1) is 11.1 Å². The minimum atomic E-state index is -0.626. The standard InChI is InChI=1S/C24H29N5OS/c1-18-8-4-5-9-20(18)24(2,3)22(30)27-23-26-19(17-31-23)16-28-12-14-29(15-13-28)21-10-6-7-11-25-21/h4-11,17H,12-16H2,1-3H3,(H,26,27,30). The van der Waals surface area contributed by atoms with Gasteiger partial charge < -0.3 is 10.2 Å². The molecule has 3 heterocycles. The first kappa shape index (κ1) is 21.5. The third-order valence-electron chi connectivity index (χ3n) is 5.89. The molecular weight excluding hydrogens is 406 g/mol. The number of carbonyl (C=O) groups excluding carboxylic acids is 1. The third kappa shape index (κ3) is 4.94. The molecule has 0 radical (unpaired) electrons. The van der Waals surface area contributed by atoms with Crippen molar-refractivity contribution in [1.82, 2.24) is 14.9 Å². The van der Waals surface area contributed by atoms with E-state index >= 15 is 0 Å². The van der Waals surface area contributed by atoms with Gasteiger partial charge in [-0.2, -0.15) is 0 Å². The van der Waals surface area contributed by atoms with Crippen molar-refractivity contribution >= 4 is 28.2 Å². The molecule has 1 amide bonds. The second-order valence-electron chi connectivity index (χ2n) is 8.49. The number of pyridine rings is 1. The quantitative estimate of drug-likeness (QED) is 0.632. The number of nitrogens with zero attached hydrogens (tertiary/aromatic N) is 4. The van der Waals surface area contributed by atoms with Gasteiger partial charge in [0.1, 0.15) is 5.82 Å². The third-order valence-corrected chi connectivity index (χ3v) is 6.70. The number of benzene rings is 1. The number of carbonyl (C=O) groups is 1. The first-order valence-corrected chi connectivity index (χ1v) is 11.5. The number of anilines is 2. The minimum Gasteiger partial charge on any atom is -0.354 e. The van der Waals surface area contributed by atoms with Crippen LogP contribution in [0, 0.1) is 6.92 Å². The molecule has 31 heavy (non-hydrogen) atoms. The molecule has 0 aliphatic carbocycles. The largest absolute Gasteiger partial charge is 0.354 e. The van der Waals surface area contributed by atoms with Crippen molar-refractivity contribution < 1.29 is 4.79 Å². The van der Waals surface area contributed by atoms with E-state index in [2.05, 4.69) is 31.2 Å². The average molecular weight is 436 g/mol. The molecule has 4 rings (SSSR count). The monoisotopic (exact) mass is 435 g/mol. The van der Waals surface area contributed by atoms with Crippen LogP contribution in [-0.4, -0.2) is 47.0 Å².